The number of rotatable bonds is 1. The highest BCUT2D eigenvalue weighted by molar-refractivity contribution is 7.71. The Hall–Kier alpha value is -1.62. The zero-order valence-corrected chi connectivity index (χ0v) is 11.8. The van der Waals surface area contributed by atoms with E-state index in [-0.39, 0.29) is 0 Å². The lowest BCUT2D eigenvalue weighted by Crippen LogP contribution is -2.03. The third-order valence-corrected chi connectivity index (χ3v) is 3.79. The molecule has 2 heterocycles. The largest absolute Gasteiger partial charge is 0.340 e. The van der Waals surface area contributed by atoms with Crippen LogP contribution in [0.25, 0.3) is 11.6 Å². The average molecular weight is 272 g/mol. The second kappa shape index (κ2) is 5.17. The Kier molecular flexibility index (Phi) is 3.38. The van der Waals surface area contributed by atoms with Crippen LogP contribution in [0.3, 0.4) is 0 Å². The zero-order chi connectivity index (χ0) is 13.2. The Morgan fingerprint density at radius 3 is 2.63 bits per heavy atom. The maximum atomic E-state index is 5.43. The van der Waals surface area contributed by atoms with Gasteiger partial charge in [-0.05, 0) is 38.2 Å². The van der Waals surface area contributed by atoms with Crippen LogP contribution in [-0.2, 0) is 12.8 Å². The van der Waals surface area contributed by atoms with Crippen molar-refractivity contribution >= 4 is 12.2 Å². The molecule has 1 N–H and O–H groups in total. The van der Waals surface area contributed by atoms with Gasteiger partial charge in [-0.3, -0.25) is 0 Å². The molecule has 4 nitrogen and oxygen atoms in total. The fraction of sp³-hybridized carbons (Fsp3) is 0.429. The van der Waals surface area contributed by atoms with Gasteiger partial charge in [-0.25, -0.2) is 15.0 Å². The number of aryl methyl sites for hydroxylation is 2. The topological polar surface area (TPSA) is 54.5 Å². The summed E-state index contributed by atoms with van der Waals surface area (Å²) in [7, 11) is 0. The molecule has 0 amide bonds. The number of fused-ring (bicyclic) bond motifs is 1. The number of hydrogen-bond donors (Lipinski definition) is 1. The quantitative estimate of drug-likeness (QED) is 0.640. The molecule has 5 heteroatoms. The van der Waals surface area contributed by atoms with Crippen molar-refractivity contribution in [2.75, 3.05) is 0 Å². The summed E-state index contributed by atoms with van der Waals surface area (Å²) in [5.74, 6) is 1.30. The first-order valence-corrected chi connectivity index (χ1v) is 7.06. The monoisotopic (exact) mass is 272 g/mol. The summed E-state index contributed by atoms with van der Waals surface area (Å²) in [5, 5.41) is 0. The SMILES string of the molecule is Cc1cnc(-c2nc(=S)c3c([nH]2)CCCCC3)nc1. The molecule has 19 heavy (non-hydrogen) atoms. The number of nitrogens with one attached hydrogen (secondary N) is 1. The predicted octanol–water partition coefficient (Wildman–Crippen LogP) is 3.17. The van der Waals surface area contributed by atoms with E-state index < -0.39 is 0 Å². The van der Waals surface area contributed by atoms with Crippen molar-refractivity contribution in [3.05, 3.63) is 33.9 Å². The van der Waals surface area contributed by atoms with Crippen molar-refractivity contribution in [1.82, 2.24) is 19.9 Å². The van der Waals surface area contributed by atoms with Crippen LogP contribution in [0, 0.1) is 11.6 Å². The van der Waals surface area contributed by atoms with E-state index in [0.717, 1.165) is 18.4 Å². The van der Waals surface area contributed by atoms with Gasteiger partial charge in [-0.15, -0.1) is 0 Å². The highest BCUT2D eigenvalue weighted by atomic mass is 32.1. The standard InChI is InChI=1S/C14H16N4S/c1-9-7-15-12(16-8-9)13-17-11-6-4-2-3-5-10(11)14(19)18-13/h7-8H,2-6H2,1H3,(H,17,18,19). The van der Waals surface area contributed by atoms with E-state index in [0.29, 0.717) is 16.3 Å². The third kappa shape index (κ3) is 2.56. The Labute approximate surface area is 117 Å². The maximum absolute atomic E-state index is 5.43. The van der Waals surface area contributed by atoms with E-state index in [1.165, 1.54) is 30.5 Å². The van der Waals surface area contributed by atoms with Crippen LogP contribution >= 0.6 is 12.2 Å². The maximum Gasteiger partial charge on any atom is 0.195 e. The van der Waals surface area contributed by atoms with Crippen molar-refractivity contribution in [1.29, 1.82) is 0 Å². The van der Waals surface area contributed by atoms with Gasteiger partial charge in [0.05, 0.1) is 0 Å². The molecular weight excluding hydrogens is 256 g/mol. The molecule has 1 aliphatic carbocycles. The summed E-state index contributed by atoms with van der Waals surface area (Å²) < 4.78 is 0.704. The predicted molar refractivity (Wildman–Crippen MR) is 76.4 cm³/mol. The van der Waals surface area contributed by atoms with Gasteiger partial charge in [0.15, 0.2) is 11.6 Å². The molecule has 0 fully saturated rings. The summed E-state index contributed by atoms with van der Waals surface area (Å²) in [4.78, 5) is 16.5. The third-order valence-electron chi connectivity index (χ3n) is 3.45. The van der Waals surface area contributed by atoms with Crippen LogP contribution in [0.5, 0.6) is 0 Å². The first kappa shape index (κ1) is 12.4. The van der Waals surface area contributed by atoms with Crippen molar-refractivity contribution < 1.29 is 0 Å². The fourth-order valence-electron chi connectivity index (χ4n) is 2.42. The van der Waals surface area contributed by atoms with E-state index in [1.807, 2.05) is 6.92 Å². The summed E-state index contributed by atoms with van der Waals surface area (Å²) in [5.41, 5.74) is 3.47. The number of aromatic nitrogens is 4. The van der Waals surface area contributed by atoms with Gasteiger partial charge in [0, 0.05) is 23.7 Å². The van der Waals surface area contributed by atoms with Gasteiger partial charge in [0.25, 0.3) is 0 Å². The molecule has 1 aliphatic rings. The first-order chi connectivity index (χ1) is 9.24. The molecule has 0 bridgehead atoms. The summed E-state index contributed by atoms with van der Waals surface area (Å²) in [6.07, 6.45) is 9.34. The second-order valence-corrected chi connectivity index (χ2v) is 5.38. The molecule has 0 spiro atoms. The van der Waals surface area contributed by atoms with E-state index in [4.69, 9.17) is 12.2 Å². The molecule has 0 radical (unpaired) electrons. The number of H-pyrrole nitrogens is 1. The van der Waals surface area contributed by atoms with E-state index in [1.54, 1.807) is 12.4 Å². The van der Waals surface area contributed by atoms with Crippen LogP contribution in [0.4, 0.5) is 0 Å². The molecule has 0 saturated carbocycles. The molecule has 0 aliphatic heterocycles. The van der Waals surface area contributed by atoms with Crippen LogP contribution in [0.2, 0.25) is 0 Å². The van der Waals surface area contributed by atoms with Gasteiger partial charge in [-0.1, -0.05) is 18.6 Å². The number of aromatic amines is 1. The normalized spacial score (nSPS) is 14.8. The van der Waals surface area contributed by atoms with Crippen molar-refractivity contribution in [3.8, 4) is 11.6 Å². The lowest BCUT2D eigenvalue weighted by molar-refractivity contribution is 0.708. The summed E-state index contributed by atoms with van der Waals surface area (Å²) in [6.45, 7) is 1.97. The molecule has 0 aromatic carbocycles. The van der Waals surface area contributed by atoms with Crippen molar-refractivity contribution in [2.45, 2.75) is 39.0 Å². The van der Waals surface area contributed by atoms with Gasteiger partial charge in [-0.2, -0.15) is 0 Å². The Morgan fingerprint density at radius 1 is 1.11 bits per heavy atom. The fourth-order valence-corrected chi connectivity index (χ4v) is 2.73. The molecular formula is C14H16N4S. The zero-order valence-electron chi connectivity index (χ0n) is 10.9. The Balaban J connectivity index is 2.08. The van der Waals surface area contributed by atoms with Crippen LogP contribution in [0.15, 0.2) is 12.4 Å². The van der Waals surface area contributed by atoms with E-state index in [9.17, 15) is 0 Å². The highest BCUT2D eigenvalue weighted by Gasteiger charge is 2.13. The molecule has 3 rings (SSSR count). The Morgan fingerprint density at radius 2 is 1.84 bits per heavy atom. The molecule has 2 aromatic rings. The minimum Gasteiger partial charge on any atom is -0.340 e. The van der Waals surface area contributed by atoms with Gasteiger partial charge < -0.3 is 4.98 Å². The number of hydrogen-bond acceptors (Lipinski definition) is 4. The molecule has 0 saturated heterocycles. The molecule has 0 atom stereocenters. The van der Waals surface area contributed by atoms with Gasteiger partial charge >= 0.3 is 0 Å². The van der Waals surface area contributed by atoms with Crippen LogP contribution < -0.4 is 0 Å². The number of nitrogens with zero attached hydrogens (tertiary/aromatic N) is 3. The molecule has 98 valence electrons. The lowest BCUT2D eigenvalue weighted by atomic mass is 10.1. The molecule has 2 aromatic heterocycles. The van der Waals surface area contributed by atoms with Crippen LogP contribution in [0.1, 0.15) is 36.1 Å². The van der Waals surface area contributed by atoms with E-state index >= 15 is 0 Å². The minimum absolute atomic E-state index is 0.615. The smallest absolute Gasteiger partial charge is 0.195 e. The van der Waals surface area contributed by atoms with Gasteiger partial charge in [0.2, 0.25) is 0 Å². The highest BCUT2D eigenvalue weighted by Crippen LogP contribution is 2.21. The average Bonchev–Trinajstić information content (AvgIpc) is 2.65. The lowest BCUT2D eigenvalue weighted by Gasteiger charge is -2.08. The van der Waals surface area contributed by atoms with E-state index in [2.05, 4.69) is 19.9 Å². The summed E-state index contributed by atoms with van der Waals surface area (Å²) >= 11 is 5.43. The molecule has 0 unspecified atom stereocenters. The van der Waals surface area contributed by atoms with Crippen LogP contribution in [-0.4, -0.2) is 19.9 Å². The summed E-state index contributed by atoms with van der Waals surface area (Å²) in [6, 6.07) is 0. The second-order valence-electron chi connectivity index (χ2n) is 4.99. The van der Waals surface area contributed by atoms with Crippen molar-refractivity contribution in [3.63, 3.8) is 0 Å². The first-order valence-electron chi connectivity index (χ1n) is 6.65. The van der Waals surface area contributed by atoms with Crippen molar-refractivity contribution in [2.24, 2.45) is 0 Å². The Bertz CT molecular complexity index is 645. The minimum atomic E-state index is 0.615. The van der Waals surface area contributed by atoms with Gasteiger partial charge in [0.1, 0.15) is 4.64 Å².